The Balaban J connectivity index is 1.93. The molecule has 0 heterocycles. The Morgan fingerprint density at radius 3 is 2.89 bits per heavy atom. The molecule has 0 amide bonds. The van der Waals surface area contributed by atoms with Gasteiger partial charge in [-0.1, -0.05) is 25.1 Å². The third-order valence-corrected chi connectivity index (χ3v) is 3.29. The van der Waals surface area contributed by atoms with Gasteiger partial charge in [0.15, 0.2) is 0 Å². The van der Waals surface area contributed by atoms with Crippen LogP contribution in [0.25, 0.3) is 0 Å². The number of hydrogen-bond donors (Lipinski definition) is 1. The van der Waals surface area contributed by atoms with Crippen LogP contribution in [0.15, 0.2) is 24.3 Å². The van der Waals surface area contributed by atoms with E-state index in [4.69, 9.17) is 0 Å². The van der Waals surface area contributed by atoms with E-state index in [-0.39, 0.29) is 0 Å². The second kappa shape index (κ2) is 6.14. The van der Waals surface area contributed by atoms with Crippen LogP contribution in [-0.2, 0) is 0 Å². The first-order chi connectivity index (χ1) is 8.72. The van der Waals surface area contributed by atoms with Crippen LogP contribution in [0.2, 0.25) is 0 Å². The van der Waals surface area contributed by atoms with Gasteiger partial charge in [0.05, 0.1) is 0 Å². The molecule has 18 heavy (non-hydrogen) atoms. The maximum absolute atomic E-state index is 12.3. The summed E-state index contributed by atoms with van der Waals surface area (Å²) in [6, 6.07) is 7.12. The molecule has 1 aromatic carbocycles. The molecular formula is C14H19F2NO. The summed E-state index contributed by atoms with van der Waals surface area (Å²) < 4.78 is 29.2. The van der Waals surface area contributed by atoms with Gasteiger partial charge in [-0.2, -0.15) is 8.78 Å². The molecule has 1 saturated carbocycles. The average molecular weight is 255 g/mol. The largest absolute Gasteiger partial charge is 0.435 e. The molecule has 2 atom stereocenters. The topological polar surface area (TPSA) is 21.3 Å². The molecule has 2 rings (SSSR count). The summed E-state index contributed by atoms with van der Waals surface area (Å²) in [4.78, 5) is 0. The van der Waals surface area contributed by atoms with E-state index in [0.717, 1.165) is 31.5 Å². The number of benzene rings is 1. The summed E-state index contributed by atoms with van der Waals surface area (Å²) in [5.74, 6) is 1.25. The second-order valence-electron chi connectivity index (χ2n) is 4.72. The van der Waals surface area contributed by atoms with Crippen molar-refractivity contribution < 1.29 is 13.5 Å². The molecule has 0 bridgehead atoms. The number of halogens is 2. The smallest absolute Gasteiger partial charge is 0.387 e. The van der Waals surface area contributed by atoms with E-state index in [1.54, 1.807) is 12.1 Å². The van der Waals surface area contributed by atoms with Crippen LogP contribution in [0.1, 0.15) is 31.2 Å². The quantitative estimate of drug-likeness (QED) is 0.754. The van der Waals surface area contributed by atoms with Gasteiger partial charge < -0.3 is 10.1 Å². The Kier molecular flexibility index (Phi) is 4.53. The van der Waals surface area contributed by atoms with Crippen LogP contribution in [0.3, 0.4) is 0 Å². The normalized spacial score (nSPS) is 22.2. The third kappa shape index (κ3) is 3.42. The second-order valence-corrected chi connectivity index (χ2v) is 4.72. The molecule has 100 valence electrons. The summed E-state index contributed by atoms with van der Waals surface area (Å²) in [6.07, 6.45) is 2.17. The van der Waals surface area contributed by atoms with Crippen LogP contribution >= 0.6 is 0 Å². The highest BCUT2D eigenvalue weighted by Gasteiger charge is 2.39. The standard InChI is InChI=1S/C14H19F2NO/c1-2-7-17-9-10-8-12(10)11-5-3-4-6-13(11)18-14(15)16/h3-6,10,12,14,17H,2,7-9H2,1H3. The number of hydrogen-bond acceptors (Lipinski definition) is 2. The minimum absolute atomic E-state index is 0.329. The molecule has 0 radical (unpaired) electrons. The van der Waals surface area contributed by atoms with E-state index in [0.29, 0.717) is 17.6 Å². The number of alkyl halides is 2. The molecule has 2 nitrogen and oxygen atoms in total. The zero-order valence-electron chi connectivity index (χ0n) is 10.5. The van der Waals surface area contributed by atoms with E-state index in [1.807, 2.05) is 12.1 Å². The Bertz CT molecular complexity index is 384. The first kappa shape index (κ1) is 13.3. The molecule has 1 aromatic rings. The highest BCUT2D eigenvalue weighted by molar-refractivity contribution is 5.39. The number of nitrogens with one attached hydrogen (secondary N) is 1. The molecule has 4 heteroatoms. The van der Waals surface area contributed by atoms with E-state index in [2.05, 4.69) is 17.0 Å². The Morgan fingerprint density at radius 2 is 2.17 bits per heavy atom. The predicted octanol–water partition coefficient (Wildman–Crippen LogP) is 3.39. The number of para-hydroxylation sites is 1. The predicted molar refractivity (Wildman–Crippen MR) is 67.1 cm³/mol. The van der Waals surface area contributed by atoms with E-state index in [1.165, 1.54) is 0 Å². The maximum atomic E-state index is 12.3. The zero-order valence-corrected chi connectivity index (χ0v) is 10.5. The van der Waals surface area contributed by atoms with Gasteiger partial charge in [0.1, 0.15) is 5.75 Å². The molecule has 2 unspecified atom stereocenters. The molecule has 1 aliphatic carbocycles. The van der Waals surface area contributed by atoms with Gasteiger partial charge in [-0.3, -0.25) is 0 Å². The zero-order chi connectivity index (χ0) is 13.0. The molecular weight excluding hydrogens is 236 g/mol. The van der Waals surface area contributed by atoms with Gasteiger partial charge >= 0.3 is 6.61 Å². The first-order valence-electron chi connectivity index (χ1n) is 6.46. The van der Waals surface area contributed by atoms with Crippen molar-refractivity contribution in [3.8, 4) is 5.75 Å². The minimum Gasteiger partial charge on any atom is -0.435 e. The van der Waals surface area contributed by atoms with E-state index < -0.39 is 6.61 Å². The average Bonchev–Trinajstić information content (AvgIpc) is 3.09. The molecule has 0 spiro atoms. The number of rotatable bonds is 7. The Labute approximate surface area is 106 Å². The van der Waals surface area contributed by atoms with Gasteiger partial charge in [0, 0.05) is 0 Å². The van der Waals surface area contributed by atoms with E-state index in [9.17, 15) is 8.78 Å². The highest BCUT2D eigenvalue weighted by Crippen LogP contribution is 2.50. The van der Waals surface area contributed by atoms with Crippen molar-refractivity contribution >= 4 is 0 Å². The third-order valence-electron chi connectivity index (χ3n) is 3.29. The van der Waals surface area contributed by atoms with Crippen molar-refractivity contribution in [2.24, 2.45) is 5.92 Å². The fourth-order valence-electron chi connectivity index (χ4n) is 2.31. The fraction of sp³-hybridized carbons (Fsp3) is 0.571. The van der Waals surface area contributed by atoms with Crippen LogP contribution < -0.4 is 10.1 Å². The summed E-state index contributed by atoms with van der Waals surface area (Å²) in [5.41, 5.74) is 0.918. The lowest BCUT2D eigenvalue weighted by Crippen LogP contribution is -2.18. The molecule has 0 saturated heterocycles. The maximum Gasteiger partial charge on any atom is 0.387 e. The van der Waals surface area contributed by atoms with Gasteiger partial charge in [0.25, 0.3) is 0 Å². The minimum atomic E-state index is -2.75. The van der Waals surface area contributed by atoms with Crippen LogP contribution in [0.4, 0.5) is 8.78 Å². The van der Waals surface area contributed by atoms with Gasteiger partial charge in [-0.15, -0.1) is 0 Å². The first-order valence-corrected chi connectivity index (χ1v) is 6.46. The van der Waals surface area contributed by atoms with Gasteiger partial charge in [-0.25, -0.2) is 0 Å². The molecule has 1 aliphatic rings. The SMILES string of the molecule is CCCNCC1CC1c1ccccc1OC(F)F. The van der Waals surface area contributed by atoms with Crippen LogP contribution in [0, 0.1) is 5.92 Å². The van der Waals surface area contributed by atoms with Gasteiger partial charge in [0.2, 0.25) is 0 Å². The van der Waals surface area contributed by atoms with Crippen molar-refractivity contribution in [2.45, 2.75) is 32.3 Å². The van der Waals surface area contributed by atoms with Crippen molar-refractivity contribution in [3.63, 3.8) is 0 Å². The Hall–Kier alpha value is -1.16. The van der Waals surface area contributed by atoms with Crippen molar-refractivity contribution in [1.82, 2.24) is 5.32 Å². The fourth-order valence-corrected chi connectivity index (χ4v) is 2.31. The monoisotopic (exact) mass is 255 g/mol. The number of ether oxygens (including phenoxy) is 1. The summed E-state index contributed by atoms with van der Waals surface area (Å²) in [7, 11) is 0. The van der Waals surface area contributed by atoms with Crippen LogP contribution in [-0.4, -0.2) is 19.7 Å². The molecule has 1 fully saturated rings. The summed E-state index contributed by atoms with van der Waals surface area (Å²) >= 11 is 0. The molecule has 1 N–H and O–H groups in total. The van der Waals surface area contributed by atoms with E-state index >= 15 is 0 Å². The summed E-state index contributed by atoms with van der Waals surface area (Å²) in [6.45, 7) is 1.35. The van der Waals surface area contributed by atoms with Gasteiger partial charge in [-0.05, 0) is 49.4 Å². The lowest BCUT2D eigenvalue weighted by molar-refractivity contribution is -0.0504. The van der Waals surface area contributed by atoms with Crippen molar-refractivity contribution in [2.75, 3.05) is 13.1 Å². The van der Waals surface area contributed by atoms with Crippen molar-refractivity contribution in [3.05, 3.63) is 29.8 Å². The summed E-state index contributed by atoms with van der Waals surface area (Å²) in [5, 5.41) is 3.37. The van der Waals surface area contributed by atoms with Crippen LogP contribution in [0.5, 0.6) is 5.75 Å². The highest BCUT2D eigenvalue weighted by atomic mass is 19.3. The lowest BCUT2D eigenvalue weighted by atomic mass is 10.1. The lowest BCUT2D eigenvalue weighted by Gasteiger charge is -2.10. The molecule has 0 aromatic heterocycles. The Morgan fingerprint density at radius 1 is 1.39 bits per heavy atom. The molecule has 0 aliphatic heterocycles. The van der Waals surface area contributed by atoms with Crippen molar-refractivity contribution in [1.29, 1.82) is 0 Å².